The Morgan fingerprint density at radius 3 is 2.69 bits per heavy atom. The van der Waals surface area contributed by atoms with E-state index in [1.165, 1.54) is 31.3 Å². The average Bonchev–Trinajstić information content (AvgIpc) is 3.20. The zero-order chi connectivity index (χ0) is 25.6. The van der Waals surface area contributed by atoms with E-state index in [0.717, 1.165) is 49.9 Å². The van der Waals surface area contributed by atoms with Gasteiger partial charge in [0.1, 0.15) is 0 Å². The smallest absolute Gasteiger partial charge is 0.0900 e. The van der Waals surface area contributed by atoms with Crippen molar-refractivity contribution in [2.24, 2.45) is 23.2 Å². The van der Waals surface area contributed by atoms with Gasteiger partial charge >= 0.3 is 0 Å². The summed E-state index contributed by atoms with van der Waals surface area (Å²) in [5.41, 5.74) is 3.38. The molecule has 3 aliphatic rings. The molecule has 0 aromatic carbocycles. The van der Waals surface area contributed by atoms with E-state index in [1.807, 2.05) is 0 Å². The summed E-state index contributed by atoms with van der Waals surface area (Å²) in [6, 6.07) is 0. The Morgan fingerprint density at radius 1 is 1.26 bits per heavy atom. The molecule has 3 aliphatic carbocycles. The molecule has 4 heteroatoms. The lowest BCUT2D eigenvalue weighted by Crippen LogP contribution is -2.39. The topological polar surface area (TPSA) is 49.7 Å². The number of hydrogen-bond donors (Lipinski definition) is 2. The highest BCUT2D eigenvalue weighted by atomic mass is 19.1. The van der Waals surface area contributed by atoms with Gasteiger partial charge in [0.2, 0.25) is 0 Å². The van der Waals surface area contributed by atoms with E-state index in [9.17, 15) is 14.6 Å². The number of fused-ring (bicyclic) bond motifs is 1. The molecule has 0 amide bonds. The molecule has 0 heterocycles. The first-order chi connectivity index (χ1) is 16.7. The Balaban J connectivity index is 1.63. The van der Waals surface area contributed by atoms with Crippen LogP contribution in [-0.2, 0) is 4.74 Å². The van der Waals surface area contributed by atoms with Crippen LogP contribution in [-0.4, -0.2) is 41.3 Å². The van der Waals surface area contributed by atoms with E-state index in [-0.39, 0.29) is 24.1 Å². The predicted molar refractivity (Wildman–Crippen MR) is 143 cm³/mol. The van der Waals surface area contributed by atoms with Crippen molar-refractivity contribution >= 4 is 0 Å². The second-order valence-corrected chi connectivity index (χ2v) is 11.9. The lowest BCUT2D eigenvalue weighted by molar-refractivity contribution is -0.0365. The average molecular weight is 491 g/mol. The Kier molecular flexibility index (Phi) is 10.2. The molecule has 0 unspecified atom stereocenters. The molecule has 3 nitrogen and oxygen atoms in total. The molecule has 0 radical (unpaired) electrons. The molecule has 3 saturated carbocycles. The molecule has 200 valence electrons. The van der Waals surface area contributed by atoms with Crippen molar-refractivity contribution < 1.29 is 19.3 Å². The van der Waals surface area contributed by atoms with Crippen molar-refractivity contribution in [2.75, 3.05) is 13.3 Å². The highest BCUT2D eigenvalue weighted by Crippen LogP contribution is 2.58. The number of aliphatic hydroxyl groups is 2. The molecular formula is C31H51FO3. The lowest BCUT2D eigenvalue weighted by atomic mass is 9.62. The third kappa shape index (κ3) is 6.67. The zero-order valence-electron chi connectivity index (χ0n) is 22.8. The molecule has 6 atom stereocenters. The fraction of sp³-hybridized carbons (Fsp3) is 0.806. The molecule has 2 N–H and O–H groups in total. The maximum absolute atomic E-state index is 13.0. The van der Waals surface area contributed by atoms with Crippen LogP contribution in [0.15, 0.2) is 35.5 Å². The van der Waals surface area contributed by atoms with Crippen LogP contribution in [0, 0.1) is 23.2 Å². The van der Waals surface area contributed by atoms with E-state index in [0.29, 0.717) is 31.1 Å². The monoisotopic (exact) mass is 490 g/mol. The van der Waals surface area contributed by atoms with Crippen molar-refractivity contribution in [1.29, 1.82) is 0 Å². The van der Waals surface area contributed by atoms with Crippen LogP contribution in [0.3, 0.4) is 0 Å². The molecule has 0 saturated heterocycles. The van der Waals surface area contributed by atoms with Crippen molar-refractivity contribution in [3.63, 3.8) is 0 Å². The number of allylic oxidation sites excluding steroid dienone is 4. The van der Waals surface area contributed by atoms with E-state index in [1.54, 1.807) is 0 Å². The van der Waals surface area contributed by atoms with E-state index >= 15 is 0 Å². The van der Waals surface area contributed by atoms with Crippen molar-refractivity contribution in [3.8, 4) is 0 Å². The van der Waals surface area contributed by atoms with Gasteiger partial charge in [-0.1, -0.05) is 45.1 Å². The van der Waals surface area contributed by atoms with E-state index in [4.69, 9.17) is 4.74 Å². The van der Waals surface area contributed by atoms with Gasteiger partial charge in [-0.3, -0.25) is 4.39 Å². The SMILES string of the molecule is C=C1/C(=C/C=C2\CCC[C@]3(C)[C@@H]([C@H](C)OCCCC(O)(CC)CC)CC[C@@H]23)C[C@@H](O)C[C@@H]1CCF. The molecule has 3 rings (SSSR count). The van der Waals surface area contributed by atoms with Crippen molar-refractivity contribution in [3.05, 3.63) is 35.5 Å². The summed E-state index contributed by atoms with van der Waals surface area (Å²) in [5.74, 6) is 1.20. The Morgan fingerprint density at radius 2 is 2.00 bits per heavy atom. The minimum Gasteiger partial charge on any atom is -0.393 e. The van der Waals surface area contributed by atoms with Crippen LogP contribution >= 0.6 is 0 Å². The summed E-state index contributed by atoms with van der Waals surface area (Å²) < 4.78 is 19.3. The van der Waals surface area contributed by atoms with Crippen molar-refractivity contribution in [1.82, 2.24) is 0 Å². The normalized spacial score (nSPS) is 35.0. The van der Waals surface area contributed by atoms with E-state index < -0.39 is 11.7 Å². The third-order valence-corrected chi connectivity index (χ3v) is 9.96. The van der Waals surface area contributed by atoms with Crippen LogP contribution in [0.1, 0.15) is 105 Å². The van der Waals surface area contributed by atoms with E-state index in [2.05, 4.69) is 46.4 Å². The van der Waals surface area contributed by atoms with Crippen LogP contribution < -0.4 is 0 Å². The van der Waals surface area contributed by atoms with Gasteiger partial charge in [-0.25, -0.2) is 0 Å². The minimum atomic E-state index is -0.541. The number of aliphatic hydroxyl groups excluding tert-OH is 1. The van der Waals surface area contributed by atoms with Gasteiger partial charge in [-0.2, -0.15) is 0 Å². The maximum atomic E-state index is 13.0. The summed E-state index contributed by atoms with van der Waals surface area (Å²) >= 11 is 0. The van der Waals surface area contributed by atoms with Crippen molar-refractivity contribution in [2.45, 2.75) is 123 Å². The van der Waals surface area contributed by atoms with Gasteiger partial charge in [-0.05, 0) is 118 Å². The number of halogens is 1. The number of hydrogen-bond acceptors (Lipinski definition) is 3. The highest BCUT2D eigenvalue weighted by molar-refractivity contribution is 5.38. The van der Waals surface area contributed by atoms with Gasteiger partial charge in [0.25, 0.3) is 0 Å². The van der Waals surface area contributed by atoms with Gasteiger partial charge in [-0.15, -0.1) is 0 Å². The number of ether oxygens (including phenoxy) is 1. The zero-order valence-corrected chi connectivity index (χ0v) is 22.8. The molecule has 0 spiro atoms. The summed E-state index contributed by atoms with van der Waals surface area (Å²) in [5, 5.41) is 20.9. The first kappa shape index (κ1) is 28.6. The molecule has 0 aromatic heterocycles. The molecule has 3 fully saturated rings. The quantitative estimate of drug-likeness (QED) is 0.295. The molecule has 0 aromatic rings. The number of alkyl halides is 1. The van der Waals surface area contributed by atoms with Gasteiger partial charge < -0.3 is 14.9 Å². The first-order valence-electron chi connectivity index (χ1n) is 14.3. The predicted octanol–water partition coefficient (Wildman–Crippen LogP) is 7.48. The summed E-state index contributed by atoms with van der Waals surface area (Å²) in [6.45, 7) is 13.5. The van der Waals surface area contributed by atoms with Crippen LogP contribution in [0.25, 0.3) is 0 Å². The summed E-state index contributed by atoms with van der Waals surface area (Å²) in [6.07, 6.45) is 15.4. The van der Waals surface area contributed by atoms with Gasteiger partial charge in [0.05, 0.1) is 24.5 Å². The summed E-state index contributed by atoms with van der Waals surface area (Å²) in [7, 11) is 0. The standard InChI is InChI=1S/C31H51FO3/c1-6-31(34,7-2)17-9-19-35-23(4)28-13-14-29-24(10-8-16-30(28,29)5)11-12-25-20-27(33)21-26(15-18-32)22(25)3/h11-12,23,26-29,33-34H,3,6-10,13-21H2,1-2,4-5H3/b24-11+,25-12+/t23-,26-,27+,28+,29-,30+/m0/s1. The van der Waals surface area contributed by atoms with Gasteiger partial charge in [0.15, 0.2) is 0 Å². The molecule has 35 heavy (non-hydrogen) atoms. The fourth-order valence-corrected chi connectivity index (χ4v) is 7.45. The lowest BCUT2D eigenvalue weighted by Gasteiger charge is -2.44. The number of rotatable bonds is 11. The fourth-order valence-electron chi connectivity index (χ4n) is 7.45. The van der Waals surface area contributed by atoms with Crippen LogP contribution in [0.4, 0.5) is 4.39 Å². The van der Waals surface area contributed by atoms with Gasteiger partial charge in [0, 0.05) is 6.61 Å². The molecule has 0 bridgehead atoms. The molecule has 0 aliphatic heterocycles. The molecular weight excluding hydrogens is 439 g/mol. The Bertz CT molecular complexity index is 767. The Hall–Kier alpha value is -0.970. The largest absolute Gasteiger partial charge is 0.393 e. The second kappa shape index (κ2) is 12.5. The second-order valence-electron chi connectivity index (χ2n) is 11.9. The van der Waals surface area contributed by atoms with Crippen LogP contribution in [0.2, 0.25) is 0 Å². The minimum absolute atomic E-state index is 0.0597. The Labute approximate surface area is 213 Å². The highest BCUT2D eigenvalue weighted by Gasteiger charge is 2.51. The first-order valence-corrected chi connectivity index (χ1v) is 14.3. The summed E-state index contributed by atoms with van der Waals surface area (Å²) in [4.78, 5) is 0. The van der Waals surface area contributed by atoms with Crippen LogP contribution in [0.5, 0.6) is 0 Å². The maximum Gasteiger partial charge on any atom is 0.0900 e. The third-order valence-electron chi connectivity index (χ3n) is 9.96.